The van der Waals surface area contributed by atoms with Crippen molar-refractivity contribution in [1.82, 2.24) is 0 Å². The van der Waals surface area contributed by atoms with Crippen LogP contribution in [0, 0.1) is 0 Å². The predicted molar refractivity (Wildman–Crippen MR) is 84.5 cm³/mol. The Bertz CT molecular complexity index is 734. The summed E-state index contributed by atoms with van der Waals surface area (Å²) in [6.45, 7) is 0. The molecule has 0 bridgehead atoms. The van der Waals surface area contributed by atoms with Crippen molar-refractivity contribution in [2.45, 2.75) is 0 Å². The molecule has 6 heteroatoms. The van der Waals surface area contributed by atoms with Crippen LogP contribution in [0.25, 0.3) is 5.52 Å². The molecule has 4 nitrogen and oxygen atoms in total. The van der Waals surface area contributed by atoms with Crippen LogP contribution in [0.5, 0.6) is 11.5 Å². The number of quaternary nitrogens is 1. The first-order valence-electron chi connectivity index (χ1n) is 6.35. The summed E-state index contributed by atoms with van der Waals surface area (Å²) >= 11 is 3.25. The summed E-state index contributed by atoms with van der Waals surface area (Å²) in [7, 11) is 1.65. The zero-order valence-electron chi connectivity index (χ0n) is 12.0. The molecule has 0 saturated carbocycles. The number of aromatic nitrogens is 1. The van der Waals surface area contributed by atoms with Crippen LogP contribution in [0.3, 0.4) is 0 Å². The van der Waals surface area contributed by atoms with Crippen LogP contribution in [0.1, 0.15) is 0 Å². The Hall–Kier alpha value is -1.63. The molecule has 22 heavy (non-hydrogen) atoms. The normalized spacial score (nSPS) is 9.41. The molecule has 0 atom stereocenters. The van der Waals surface area contributed by atoms with Gasteiger partial charge in [0.1, 0.15) is 11.4 Å². The van der Waals surface area contributed by atoms with Crippen LogP contribution < -0.4 is 31.9 Å². The maximum atomic E-state index is 9.59. The highest BCUT2D eigenvalue weighted by Crippen LogP contribution is 2.24. The standard InChI is InChI=1S/C9H6BrNO.C7H9NO.BrH/c10-7-4-6-11-5-2-1-3-8(11)9(7)12;1-9-7-4-2-6(8)3-5-7;/h1-6H;2-5H,8H2,1H3;1H/p+1. The van der Waals surface area contributed by atoms with Crippen LogP contribution in [-0.4, -0.2) is 12.2 Å². The minimum absolute atomic E-state index is 0. The quantitative estimate of drug-likeness (QED) is 0.511. The third kappa shape index (κ3) is 4.69. The monoisotopic (exact) mass is 427 g/mol. The summed E-state index contributed by atoms with van der Waals surface area (Å²) in [4.78, 5) is 0. The van der Waals surface area contributed by atoms with Crippen molar-refractivity contribution >= 4 is 27.1 Å². The van der Waals surface area contributed by atoms with E-state index in [2.05, 4.69) is 21.7 Å². The van der Waals surface area contributed by atoms with Gasteiger partial charge in [-0.3, -0.25) is 0 Å². The number of fused-ring (bicyclic) bond motifs is 1. The first-order valence-corrected chi connectivity index (χ1v) is 7.14. The van der Waals surface area contributed by atoms with E-state index in [9.17, 15) is 5.11 Å². The lowest BCUT2D eigenvalue weighted by molar-refractivity contribution is -0.512. The molecule has 0 amide bonds. The molecular formula is C16H17Br2N2O2+. The maximum absolute atomic E-state index is 9.59. The minimum Gasteiger partial charge on any atom is -1.00 e. The first-order chi connectivity index (χ1) is 10.1. The smallest absolute Gasteiger partial charge is 0.253 e. The van der Waals surface area contributed by atoms with Crippen molar-refractivity contribution in [3.63, 3.8) is 0 Å². The second-order valence-electron chi connectivity index (χ2n) is 4.35. The fourth-order valence-electron chi connectivity index (χ4n) is 1.76. The molecule has 2 heterocycles. The molecule has 0 fully saturated rings. The van der Waals surface area contributed by atoms with Gasteiger partial charge in [0.2, 0.25) is 5.75 Å². The van der Waals surface area contributed by atoms with E-state index in [1.54, 1.807) is 7.11 Å². The Morgan fingerprint density at radius 3 is 2.36 bits per heavy atom. The number of benzene rings is 1. The number of hydrogen-bond acceptors (Lipinski definition) is 2. The first kappa shape index (κ1) is 18.4. The number of aromatic hydroxyl groups is 1. The van der Waals surface area contributed by atoms with Crippen molar-refractivity contribution in [3.8, 4) is 11.5 Å². The summed E-state index contributed by atoms with van der Waals surface area (Å²) in [5.41, 5.74) is 5.55. The van der Waals surface area contributed by atoms with Crippen molar-refractivity contribution in [2.75, 3.05) is 7.11 Å². The molecule has 4 N–H and O–H groups in total. The number of nitrogens with zero attached hydrogens (tertiary/aromatic N) is 1. The Labute approximate surface area is 148 Å². The van der Waals surface area contributed by atoms with Gasteiger partial charge in [0.05, 0.1) is 11.6 Å². The topological polar surface area (TPSA) is 61.2 Å². The number of rotatable bonds is 1. The number of hydrogen-bond donors (Lipinski definition) is 2. The Morgan fingerprint density at radius 1 is 1.05 bits per heavy atom. The van der Waals surface area contributed by atoms with Crippen LogP contribution in [0.2, 0.25) is 0 Å². The third-order valence-corrected chi connectivity index (χ3v) is 3.54. The van der Waals surface area contributed by atoms with Crippen LogP contribution in [0.15, 0.2) is 65.4 Å². The van der Waals surface area contributed by atoms with Crippen LogP contribution in [0.4, 0.5) is 5.69 Å². The molecule has 116 valence electrons. The van der Waals surface area contributed by atoms with E-state index in [0.717, 1.165) is 17.0 Å². The molecule has 0 unspecified atom stereocenters. The SMILES string of the molecule is COc1ccc([NH3+])cc1.Oc1c(Br)cc[n+]2ccccc12.[Br-]. The lowest BCUT2D eigenvalue weighted by Gasteiger charge is -1.95. The fraction of sp³-hybridized carbons (Fsp3) is 0.0625. The largest absolute Gasteiger partial charge is 1.00 e. The van der Waals surface area contributed by atoms with Gasteiger partial charge in [-0.2, -0.15) is 4.40 Å². The molecule has 3 rings (SSSR count). The van der Waals surface area contributed by atoms with Crippen molar-refractivity contribution < 1.29 is 37.0 Å². The van der Waals surface area contributed by atoms with Gasteiger partial charge in [-0.1, -0.05) is 0 Å². The van der Waals surface area contributed by atoms with Crippen LogP contribution >= 0.6 is 15.9 Å². The van der Waals surface area contributed by atoms with Crippen molar-refractivity contribution in [2.24, 2.45) is 0 Å². The molecule has 2 aromatic heterocycles. The average Bonchev–Trinajstić information content (AvgIpc) is 2.53. The minimum atomic E-state index is 0. The zero-order valence-corrected chi connectivity index (χ0v) is 15.2. The molecule has 0 aliphatic rings. The van der Waals surface area contributed by atoms with E-state index in [1.807, 2.05) is 65.3 Å². The second-order valence-corrected chi connectivity index (χ2v) is 5.21. The van der Waals surface area contributed by atoms with Gasteiger partial charge >= 0.3 is 0 Å². The van der Waals surface area contributed by atoms with Gasteiger partial charge < -0.3 is 32.6 Å². The van der Waals surface area contributed by atoms with E-state index in [4.69, 9.17) is 4.74 Å². The highest BCUT2D eigenvalue weighted by Gasteiger charge is 2.09. The molecule has 0 aliphatic carbocycles. The van der Waals surface area contributed by atoms with Gasteiger partial charge in [-0.25, -0.2) is 0 Å². The van der Waals surface area contributed by atoms with E-state index >= 15 is 0 Å². The molecule has 0 aliphatic heterocycles. The van der Waals surface area contributed by atoms with Crippen molar-refractivity contribution in [3.05, 3.63) is 65.4 Å². The highest BCUT2D eigenvalue weighted by molar-refractivity contribution is 9.10. The van der Waals surface area contributed by atoms with Gasteiger partial charge in [0, 0.05) is 30.3 Å². The molecule has 0 spiro atoms. The summed E-state index contributed by atoms with van der Waals surface area (Å²) in [6, 6.07) is 15.1. The third-order valence-electron chi connectivity index (χ3n) is 2.90. The number of pyridine rings is 2. The second kappa shape index (κ2) is 8.73. The van der Waals surface area contributed by atoms with E-state index in [1.165, 1.54) is 0 Å². The summed E-state index contributed by atoms with van der Waals surface area (Å²) in [5.74, 6) is 1.15. The number of halogens is 2. The van der Waals surface area contributed by atoms with E-state index in [-0.39, 0.29) is 22.7 Å². The Kier molecular flexibility index (Phi) is 7.31. The van der Waals surface area contributed by atoms with Gasteiger partial charge in [0.25, 0.3) is 5.52 Å². The lowest BCUT2D eigenvalue weighted by Crippen LogP contribution is -3.00. The van der Waals surface area contributed by atoms with E-state index in [0.29, 0.717) is 4.47 Å². The summed E-state index contributed by atoms with van der Waals surface area (Å²) < 4.78 is 7.52. The van der Waals surface area contributed by atoms with Crippen LogP contribution in [-0.2, 0) is 0 Å². The lowest BCUT2D eigenvalue weighted by atomic mass is 10.3. The Morgan fingerprint density at radius 2 is 1.73 bits per heavy atom. The number of ether oxygens (including phenoxy) is 1. The average molecular weight is 429 g/mol. The molecule has 0 saturated heterocycles. The molecule has 3 aromatic rings. The van der Waals surface area contributed by atoms with E-state index < -0.39 is 0 Å². The fourth-order valence-corrected chi connectivity index (χ4v) is 2.08. The molecular weight excluding hydrogens is 412 g/mol. The molecule has 1 aromatic carbocycles. The zero-order chi connectivity index (χ0) is 15.2. The summed E-state index contributed by atoms with van der Waals surface area (Å²) in [6.07, 6.45) is 3.78. The summed E-state index contributed by atoms with van der Waals surface area (Å²) in [5, 5.41) is 9.59. The Balaban J connectivity index is 0.000000219. The predicted octanol–water partition coefficient (Wildman–Crippen LogP) is -0.534. The number of methoxy groups -OCH3 is 1. The maximum Gasteiger partial charge on any atom is 0.253 e. The van der Waals surface area contributed by atoms with Crippen molar-refractivity contribution in [1.29, 1.82) is 0 Å². The van der Waals surface area contributed by atoms with Gasteiger partial charge in [0.15, 0.2) is 12.4 Å². The highest BCUT2D eigenvalue weighted by atomic mass is 79.9. The van der Waals surface area contributed by atoms with Gasteiger partial charge in [-0.05, 0) is 34.1 Å². The van der Waals surface area contributed by atoms with Gasteiger partial charge in [-0.15, -0.1) is 0 Å². The molecule has 0 radical (unpaired) electrons.